The molecule has 2 amide bonds. The number of aromatic nitrogens is 1. The number of phenols is 1. The minimum atomic E-state index is -0.923. The third kappa shape index (κ3) is 9.45. The molecule has 3 fully saturated rings. The fourth-order valence-corrected chi connectivity index (χ4v) is 8.87. The van der Waals surface area contributed by atoms with Crippen LogP contribution in [0.5, 0.6) is 17.2 Å². The molecule has 3 saturated heterocycles. The van der Waals surface area contributed by atoms with E-state index in [0.29, 0.717) is 40.5 Å². The van der Waals surface area contributed by atoms with E-state index in [0.717, 1.165) is 60.3 Å². The minimum absolute atomic E-state index is 0.0678. The Balaban J connectivity index is 0.854. The summed E-state index contributed by atoms with van der Waals surface area (Å²) in [6.07, 6.45) is 0.186. The second-order valence-electron chi connectivity index (χ2n) is 16.0. The number of phenolic OH excluding ortho intramolecular Hbond substituents is 1. The number of fused-ring (bicyclic) bond motifs is 4. The zero-order chi connectivity index (χ0) is 43.2. The molecular weight excluding hydrogens is 787 g/mol. The lowest BCUT2D eigenvalue weighted by molar-refractivity contribution is -0.000814. The molecule has 13 heteroatoms. The number of H-pyrrole nitrogens is 1. The number of ether oxygens (including phenoxy) is 2. The molecule has 13 nitrogen and oxygen atoms in total. The zero-order valence-electron chi connectivity index (χ0n) is 34.5. The molecule has 4 heterocycles. The van der Waals surface area contributed by atoms with Crippen LogP contribution in [0.3, 0.4) is 0 Å². The molecule has 2 unspecified atom stereocenters. The molecule has 0 aliphatic carbocycles. The van der Waals surface area contributed by atoms with Crippen molar-refractivity contribution in [1.82, 2.24) is 25.4 Å². The predicted molar refractivity (Wildman–Crippen MR) is 235 cm³/mol. The van der Waals surface area contributed by atoms with Gasteiger partial charge in [0.15, 0.2) is 0 Å². The predicted octanol–water partition coefficient (Wildman–Crippen LogP) is 6.74. The van der Waals surface area contributed by atoms with Crippen LogP contribution in [0.2, 0.25) is 0 Å². The van der Waals surface area contributed by atoms with Crippen molar-refractivity contribution in [3.63, 3.8) is 0 Å². The number of hydrogen-bond donors (Lipinski definition) is 6. The summed E-state index contributed by atoms with van der Waals surface area (Å²) in [5.41, 5.74) is 5.36. The first kappa shape index (κ1) is 42.0. The van der Waals surface area contributed by atoms with Crippen LogP contribution in [0.1, 0.15) is 68.7 Å². The lowest BCUT2D eigenvalue weighted by atomic mass is 9.81. The molecule has 3 atom stereocenters. The van der Waals surface area contributed by atoms with Gasteiger partial charge >= 0.3 is 6.09 Å². The lowest BCUT2D eigenvalue weighted by Crippen LogP contribution is -2.59. The summed E-state index contributed by atoms with van der Waals surface area (Å²) in [7, 11) is 1.58. The number of hydrogen-bond acceptors (Lipinski definition) is 9. The molecule has 6 N–H and O–H groups in total. The van der Waals surface area contributed by atoms with Gasteiger partial charge in [-0.2, -0.15) is 0 Å². The topological polar surface area (TPSA) is 177 Å². The van der Waals surface area contributed by atoms with Gasteiger partial charge in [-0.25, -0.2) is 4.79 Å². The highest BCUT2D eigenvalue weighted by Gasteiger charge is 2.43. The van der Waals surface area contributed by atoms with Crippen molar-refractivity contribution in [2.24, 2.45) is 5.92 Å². The molecule has 320 valence electrons. The van der Waals surface area contributed by atoms with E-state index in [9.17, 15) is 29.7 Å². The van der Waals surface area contributed by atoms with Crippen LogP contribution in [-0.2, 0) is 19.7 Å². The SMILES string of the molecule is COc1cc(CNC(=O)c2ccc(COc3cccc([C@H](c4ccccc4)N(C(=O)O)C4CN5CCC4CC5)c3)cc2)ccc1CNCC(O)c1ccc(O)c2[nH]c(=O)ccc12. The van der Waals surface area contributed by atoms with Gasteiger partial charge in [-0.05, 0) is 102 Å². The number of aliphatic hydroxyl groups is 1. The Kier molecular flexibility index (Phi) is 12.8. The van der Waals surface area contributed by atoms with Gasteiger partial charge in [0, 0.05) is 48.8 Å². The van der Waals surface area contributed by atoms with Crippen molar-refractivity contribution in [2.45, 2.75) is 50.7 Å². The summed E-state index contributed by atoms with van der Waals surface area (Å²) < 4.78 is 11.9. The van der Waals surface area contributed by atoms with Gasteiger partial charge in [-0.1, -0.05) is 72.8 Å². The molecule has 0 saturated carbocycles. The summed E-state index contributed by atoms with van der Waals surface area (Å²) in [4.78, 5) is 44.6. The Morgan fingerprint density at radius 1 is 0.871 bits per heavy atom. The Labute approximate surface area is 359 Å². The number of rotatable bonds is 16. The molecule has 3 aliphatic rings. The van der Waals surface area contributed by atoms with E-state index in [-0.39, 0.29) is 48.5 Å². The number of nitrogens with one attached hydrogen (secondary N) is 3. The highest BCUT2D eigenvalue weighted by Crippen LogP contribution is 2.39. The number of methoxy groups -OCH3 is 1. The van der Waals surface area contributed by atoms with Crippen LogP contribution in [0.25, 0.3) is 10.9 Å². The monoisotopic (exact) mass is 837 g/mol. The average molecular weight is 838 g/mol. The fourth-order valence-electron chi connectivity index (χ4n) is 8.87. The van der Waals surface area contributed by atoms with Crippen LogP contribution in [0.4, 0.5) is 4.79 Å². The average Bonchev–Trinajstić information content (AvgIpc) is 3.30. The third-order valence-electron chi connectivity index (χ3n) is 12.1. The molecule has 62 heavy (non-hydrogen) atoms. The summed E-state index contributed by atoms with van der Waals surface area (Å²) in [6, 6.07) is 35.9. The first-order valence-electron chi connectivity index (χ1n) is 20.9. The number of benzene rings is 5. The normalized spacial score (nSPS) is 17.9. The van der Waals surface area contributed by atoms with E-state index in [1.165, 1.54) is 12.1 Å². The van der Waals surface area contributed by atoms with Crippen molar-refractivity contribution < 1.29 is 34.4 Å². The molecule has 2 bridgehead atoms. The maximum absolute atomic E-state index is 13.2. The van der Waals surface area contributed by atoms with Crippen LogP contribution >= 0.6 is 0 Å². The number of piperidine rings is 3. The van der Waals surface area contributed by atoms with Crippen LogP contribution < -0.4 is 25.7 Å². The van der Waals surface area contributed by atoms with E-state index >= 15 is 0 Å². The Morgan fingerprint density at radius 3 is 2.35 bits per heavy atom. The highest BCUT2D eigenvalue weighted by molar-refractivity contribution is 5.94. The molecule has 0 spiro atoms. The van der Waals surface area contributed by atoms with E-state index < -0.39 is 18.2 Å². The minimum Gasteiger partial charge on any atom is -0.506 e. The number of pyridine rings is 1. The Hall–Kier alpha value is -6.67. The van der Waals surface area contributed by atoms with Crippen molar-refractivity contribution in [2.75, 3.05) is 33.3 Å². The fraction of sp³-hybridized carbons (Fsp3) is 0.286. The van der Waals surface area contributed by atoms with Crippen LogP contribution in [-0.4, -0.2) is 81.4 Å². The number of carboxylic acid groups (broad SMARTS) is 1. The van der Waals surface area contributed by atoms with Gasteiger partial charge in [-0.3, -0.25) is 14.5 Å². The summed E-state index contributed by atoms with van der Waals surface area (Å²) in [5, 5.41) is 38.6. The first-order valence-corrected chi connectivity index (χ1v) is 20.9. The molecule has 5 aromatic carbocycles. The van der Waals surface area contributed by atoms with Crippen molar-refractivity contribution in [3.8, 4) is 17.2 Å². The van der Waals surface area contributed by atoms with Crippen LogP contribution in [0, 0.1) is 5.92 Å². The second-order valence-corrected chi connectivity index (χ2v) is 16.0. The zero-order valence-corrected chi connectivity index (χ0v) is 34.5. The molecular formula is C49H51N5O8. The Morgan fingerprint density at radius 2 is 1.63 bits per heavy atom. The van der Waals surface area contributed by atoms with E-state index in [2.05, 4.69) is 20.5 Å². The molecule has 1 aromatic heterocycles. The van der Waals surface area contributed by atoms with Gasteiger partial charge in [0.05, 0.1) is 30.8 Å². The number of aromatic amines is 1. The largest absolute Gasteiger partial charge is 0.506 e. The maximum atomic E-state index is 13.2. The standard InChI is InChI=1S/C49H51N5O8/c1-61-44-24-32(12-15-37(44)27-50-28-43(56)39-16-18-42(55)46-40(39)17-19-45(57)52-46)26-51-48(58)35-13-10-31(11-14-35)30-62-38-9-5-8-36(25-38)47(34-6-3-2-4-7-34)54(49(59)60)41-29-53-22-20-33(41)21-23-53/h2-19,24-25,33,41,43,47,50,55-56H,20-23,26-30H2,1H3,(H,51,58)(H,52,57)(H,59,60)/t41?,43?,47-/m0/s1. The smallest absolute Gasteiger partial charge is 0.408 e. The number of carbonyl (C=O) groups is 2. The number of carbonyl (C=O) groups excluding carboxylic acids is 1. The van der Waals surface area contributed by atoms with Crippen LogP contribution in [0.15, 0.2) is 126 Å². The van der Waals surface area contributed by atoms with Gasteiger partial charge < -0.3 is 45.3 Å². The lowest BCUT2D eigenvalue weighted by Gasteiger charge is -2.50. The molecule has 0 radical (unpaired) electrons. The number of aromatic hydroxyl groups is 1. The van der Waals surface area contributed by atoms with E-state index in [1.807, 2.05) is 84.9 Å². The Bertz CT molecular complexity index is 2570. The maximum Gasteiger partial charge on any atom is 0.408 e. The van der Waals surface area contributed by atoms with Crippen molar-refractivity contribution >= 4 is 22.9 Å². The third-order valence-corrected chi connectivity index (χ3v) is 12.1. The van der Waals surface area contributed by atoms with Gasteiger partial charge in [0.25, 0.3) is 5.91 Å². The number of nitrogens with zero attached hydrogens (tertiary/aromatic N) is 2. The first-order chi connectivity index (χ1) is 30.1. The second kappa shape index (κ2) is 18.9. The van der Waals surface area contributed by atoms with E-state index in [4.69, 9.17) is 9.47 Å². The van der Waals surface area contributed by atoms with Gasteiger partial charge in [0.1, 0.15) is 23.9 Å². The quantitative estimate of drug-likeness (QED) is 0.0613. The molecule has 9 rings (SSSR count). The van der Waals surface area contributed by atoms with Gasteiger partial charge in [-0.15, -0.1) is 0 Å². The summed E-state index contributed by atoms with van der Waals surface area (Å²) in [5.74, 6) is 1.30. The highest BCUT2D eigenvalue weighted by atomic mass is 16.5. The number of aliphatic hydroxyl groups excluding tert-OH is 1. The van der Waals surface area contributed by atoms with E-state index in [1.54, 1.807) is 36.3 Å². The summed E-state index contributed by atoms with van der Waals surface area (Å²) in [6.45, 7) is 3.94. The van der Waals surface area contributed by atoms with Crippen molar-refractivity contribution in [1.29, 1.82) is 0 Å². The van der Waals surface area contributed by atoms with Crippen molar-refractivity contribution in [3.05, 3.63) is 171 Å². The molecule has 3 aliphatic heterocycles. The summed E-state index contributed by atoms with van der Waals surface area (Å²) >= 11 is 0. The number of amides is 2. The molecule has 6 aromatic rings. The van der Waals surface area contributed by atoms with Gasteiger partial charge in [0.2, 0.25) is 5.56 Å².